The van der Waals surface area contributed by atoms with Gasteiger partial charge in [0.25, 0.3) is 0 Å². The Morgan fingerprint density at radius 2 is 2.12 bits per heavy atom. The fraction of sp³-hybridized carbons (Fsp3) is 0.222. The van der Waals surface area contributed by atoms with Crippen LogP contribution < -0.4 is 0 Å². The van der Waals surface area contributed by atoms with Crippen molar-refractivity contribution in [2.45, 2.75) is 13.0 Å². The van der Waals surface area contributed by atoms with Crippen molar-refractivity contribution in [1.82, 2.24) is 29.4 Å². The molecule has 4 aromatic rings. The smallest absolute Gasteiger partial charge is 0.223 e. The molecule has 0 radical (unpaired) electrons. The minimum atomic E-state index is -0.400. The molecule has 0 aromatic carbocycles. The Labute approximate surface area is 148 Å². The van der Waals surface area contributed by atoms with Gasteiger partial charge in [-0.2, -0.15) is 0 Å². The number of carbonyl (C=O) groups excluding carboxylic acids is 1. The van der Waals surface area contributed by atoms with Crippen molar-refractivity contribution < 1.29 is 9.18 Å². The number of amides is 1. The van der Waals surface area contributed by atoms with Crippen molar-refractivity contribution in [3.8, 4) is 11.3 Å². The highest BCUT2D eigenvalue weighted by Crippen LogP contribution is 2.31. The topological polar surface area (TPSA) is 79.7 Å². The van der Waals surface area contributed by atoms with Gasteiger partial charge in [0.2, 0.25) is 5.91 Å². The number of hydrogen-bond acceptors (Lipinski definition) is 4. The van der Waals surface area contributed by atoms with Crippen LogP contribution in [-0.2, 0) is 11.3 Å². The number of H-pyrrole nitrogens is 1. The molecule has 0 unspecified atom stereocenters. The zero-order valence-electron chi connectivity index (χ0n) is 14.4. The maximum Gasteiger partial charge on any atom is 0.223 e. The summed E-state index contributed by atoms with van der Waals surface area (Å²) in [6, 6.07) is 3.35. The molecule has 1 amide bonds. The number of pyridine rings is 1. The number of hydrogen-bond donors (Lipinski definition) is 1. The molecule has 7 nitrogen and oxygen atoms in total. The van der Waals surface area contributed by atoms with Crippen LogP contribution in [-0.4, -0.2) is 49.4 Å². The Hall–Kier alpha value is -3.29. The van der Waals surface area contributed by atoms with Crippen LogP contribution in [0.15, 0.2) is 37.1 Å². The van der Waals surface area contributed by atoms with Crippen LogP contribution in [0.5, 0.6) is 0 Å². The van der Waals surface area contributed by atoms with Gasteiger partial charge in [0.05, 0.1) is 11.9 Å². The molecule has 0 spiro atoms. The zero-order valence-corrected chi connectivity index (χ0v) is 14.4. The van der Waals surface area contributed by atoms with Crippen LogP contribution in [0.4, 0.5) is 4.39 Å². The number of carbonyl (C=O) groups is 1. The van der Waals surface area contributed by atoms with Crippen LogP contribution in [0.2, 0.25) is 0 Å². The van der Waals surface area contributed by atoms with E-state index in [-0.39, 0.29) is 5.91 Å². The van der Waals surface area contributed by atoms with Crippen molar-refractivity contribution in [3.63, 3.8) is 0 Å². The molecule has 0 saturated carbocycles. The fourth-order valence-corrected chi connectivity index (χ4v) is 3.01. The SMILES string of the molecule is CN(C)C(=O)CCn1ccc2c(-c3c[nH]c4ncc(F)cc34)ncnc21. The first-order valence-electron chi connectivity index (χ1n) is 8.17. The molecule has 26 heavy (non-hydrogen) atoms. The minimum Gasteiger partial charge on any atom is -0.349 e. The summed E-state index contributed by atoms with van der Waals surface area (Å²) in [5.41, 5.74) is 2.80. The summed E-state index contributed by atoms with van der Waals surface area (Å²) in [4.78, 5) is 29.3. The van der Waals surface area contributed by atoms with Crippen molar-refractivity contribution in [2.75, 3.05) is 14.1 Å². The lowest BCUT2D eigenvalue weighted by atomic mass is 10.1. The van der Waals surface area contributed by atoms with Gasteiger partial charge in [-0.15, -0.1) is 0 Å². The number of fused-ring (bicyclic) bond motifs is 2. The van der Waals surface area contributed by atoms with Crippen molar-refractivity contribution in [3.05, 3.63) is 42.9 Å². The summed E-state index contributed by atoms with van der Waals surface area (Å²) in [7, 11) is 3.47. The lowest BCUT2D eigenvalue weighted by Gasteiger charge is -2.10. The molecule has 132 valence electrons. The van der Waals surface area contributed by atoms with Gasteiger partial charge in [0.1, 0.15) is 23.4 Å². The number of rotatable bonds is 4. The van der Waals surface area contributed by atoms with E-state index in [4.69, 9.17) is 0 Å². The van der Waals surface area contributed by atoms with Gasteiger partial charge in [-0.1, -0.05) is 0 Å². The largest absolute Gasteiger partial charge is 0.349 e. The first kappa shape index (κ1) is 16.2. The summed E-state index contributed by atoms with van der Waals surface area (Å²) in [5, 5.41) is 1.51. The van der Waals surface area contributed by atoms with E-state index in [0.717, 1.165) is 16.6 Å². The Morgan fingerprint density at radius 1 is 1.27 bits per heavy atom. The summed E-state index contributed by atoms with van der Waals surface area (Å²) in [6.45, 7) is 0.529. The van der Waals surface area contributed by atoms with Gasteiger partial charge in [-0.25, -0.2) is 19.3 Å². The second kappa shape index (κ2) is 6.21. The van der Waals surface area contributed by atoms with Crippen LogP contribution >= 0.6 is 0 Å². The third-order valence-electron chi connectivity index (χ3n) is 4.37. The highest BCUT2D eigenvalue weighted by Gasteiger charge is 2.15. The molecule has 4 rings (SSSR count). The van der Waals surface area contributed by atoms with E-state index in [0.29, 0.717) is 29.7 Å². The van der Waals surface area contributed by atoms with E-state index in [2.05, 4.69) is 19.9 Å². The number of nitrogens with zero attached hydrogens (tertiary/aromatic N) is 5. The molecule has 0 aliphatic heterocycles. The van der Waals surface area contributed by atoms with Gasteiger partial charge in [0.15, 0.2) is 0 Å². The van der Waals surface area contributed by atoms with Crippen LogP contribution in [0.25, 0.3) is 33.3 Å². The first-order chi connectivity index (χ1) is 12.5. The van der Waals surface area contributed by atoms with Gasteiger partial charge >= 0.3 is 0 Å². The van der Waals surface area contributed by atoms with E-state index in [1.807, 2.05) is 16.8 Å². The van der Waals surface area contributed by atoms with Crippen molar-refractivity contribution >= 4 is 28.0 Å². The monoisotopic (exact) mass is 352 g/mol. The minimum absolute atomic E-state index is 0.0549. The van der Waals surface area contributed by atoms with Crippen molar-refractivity contribution in [1.29, 1.82) is 0 Å². The van der Waals surface area contributed by atoms with E-state index < -0.39 is 5.82 Å². The molecule has 0 atom stereocenters. The van der Waals surface area contributed by atoms with E-state index >= 15 is 0 Å². The molecule has 0 bridgehead atoms. The number of aromatic amines is 1. The Bertz CT molecular complexity index is 1110. The van der Waals surface area contributed by atoms with Crippen LogP contribution in [0.1, 0.15) is 6.42 Å². The highest BCUT2D eigenvalue weighted by atomic mass is 19.1. The normalized spacial score (nSPS) is 11.3. The molecule has 0 fully saturated rings. The molecule has 8 heteroatoms. The third-order valence-corrected chi connectivity index (χ3v) is 4.37. The maximum absolute atomic E-state index is 13.6. The number of aromatic nitrogens is 5. The second-order valence-electron chi connectivity index (χ2n) is 6.26. The summed E-state index contributed by atoms with van der Waals surface area (Å²) in [6.07, 6.45) is 6.70. The molecule has 0 aliphatic carbocycles. The molecule has 1 N–H and O–H groups in total. The predicted octanol–water partition coefficient (Wildman–Crippen LogP) is 2.59. The molecular weight excluding hydrogens is 335 g/mol. The molecule has 4 aromatic heterocycles. The number of halogens is 1. The average molecular weight is 352 g/mol. The average Bonchev–Trinajstić information content (AvgIpc) is 3.23. The predicted molar refractivity (Wildman–Crippen MR) is 95.9 cm³/mol. The molecule has 4 heterocycles. The lowest BCUT2D eigenvalue weighted by Crippen LogP contribution is -2.22. The second-order valence-corrected chi connectivity index (χ2v) is 6.26. The third kappa shape index (κ3) is 2.69. The molecule has 0 saturated heterocycles. The van der Waals surface area contributed by atoms with Crippen LogP contribution in [0, 0.1) is 5.82 Å². The van der Waals surface area contributed by atoms with Crippen LogP contribution in [0.3, 0.4) is 0 Å². The zero-order chi connectivity index (χ0) is 18.3. The maximum atomic E-state index is 13.6. The summed E-state index contributed by atoms with van der Waals surface area (Å²) >= 11 is 0. The Morgan fingerprint density at radius 3 is 2.92 bits per heavy atom. The first-order valence-corrected chi connectivity index (χ1v) is 8.17. The van der Waals surface area contributed by atoms with Crippen molar-refractivity contribution in [2.24, 2.45) is 0 Å². The van der Waals surface area contributed by atoms with Gasteiger partial charge in [0, 0.05) is 55.8 Å². The molecule has 0 aliphatic rings. The quantitative estimate of drug-likeness (QED) is 0.612. The highest BCUT2D eigenvalue weighted by molar-refractivity contribution is 6.01. The number of aryl methyl sites for hydroxylation is 1. The van der Waals surface area contributed by atoms with Gasteiger partial charge in [-0.05, 0) is 12.1 Å². The molecular formula is C18H17FN6O. The Kier molecular flexibility index (Phi) is 3.87. The van der Waals surface area contributed by atoms with E-state index in [1.165, 1.54) is 18.6 Å². The van der Waals surface area contributed by atoms with E-state index in [9.17, 15) is 9.18 Å². The number of nitrogens with one attached hydrogen (secondary N) is 1. The Balaban J connectivity index is 1.77. The summed E-state index contributed by atoms with van der Waals surface area (Å²) < 4.78 is 15.5. The summed E-state index contributed by atoms with van der Waals surface area (Å²) in [5.74, 6) is -0.345. The lowest BCUT2D eigenvalue weighted by molar-refractivity contribution is -0.128. The van der Waals surface area contributed by atoms with Gasteiger partial charge in [-0.3, -0.25) is 4.79 Å². The fourth-order valence-electron chi connectivity index (χ4n) is 3.01. The van der Waals surface area contributed by atoms with Gasteiger partial charge < -0.3 is 14.5 Å². The standard InChI is InChI=1S/C18H17FN6O/c1-24(2)15(26)4-6-25-5-3-12-16(22-10-23-18(12)25)14-9-21-17-13(14)7-11(19)8-20-17/h3,5,7-10H,4,6H2,1-2H3,(H,20,21). The van der Waals surface area contributed by atoms with E-state index in [1.54, 1.807) is 25.2 Å².